The summed E-state index contributed by atoms with van der Waals surface area (Å²) >= 11 is 0. The third kappa shape index (κ3) is 8.19. The van der Waals surface area contributed by atoms with Gasteiger partial charge >= 0.3 is 0 Å². The molecule has 1 aromatic carbocycles. The Morgan fingerprint density at radius 3 is 2.30 bits per heavy atom. The molecule has 0 spiro atoms. The predicted molar refractivity (Wildman–Crippen MR) is 101 cm³/mol. The van der Waals surface area contributed by atoms with Crippen molar-refractivity contribution in [1.29, 1.82) is 0 Å². The average Bonchev–Trinajstić information content (AvgIpc) is 2.95. The van der Waals surface area contributed by atoms with Crippen molar-refractivity contribution in [2.75, 3.05) is 6.54 Å². The molecule has 0 radical (unpaired) electrons. The van der Waals surface area contributed by atoms with E-state index in [9.17, 15) is 0 Å². The Labute approximate surface area is 148 Å². The van der Waals surface area contributed by atoms with E-state index in [0.717, 1.165) is 19.6 Å². The number of rotatable bonds is 10. The van der Waals surface area contributed by atoms with Gasteiger partial charge in [-0.3, -0.25) is 0 Å². The second-order valence-corrected chi connectivity index (χ2v) is 6.81. The molecule has 23 heavy (non-hydrogen) atoms. The maximum Gasteiger partial charge on any atom is 0.0721 e. The minimum Gasteiger partial charge on any atom is -0.372 e. The summed E-state index contributed by atoms with van der Waals surface area (Å²) in [7, 11) is 0. The lowest BCUT2D eigenvalue weighted by Gasteiger charge is -2.11. The quantitative estimate of drug-likeness (QED) is 0.586. The van der Waals surface area contributed by atoms with Crippen molar-refractivity contribution in [1.82, 2.24) is 5.32 Å². The minimum atomic E-state index is 0. The summed E-state index contributed by atoms with van der Waals surface area (Å²) in [5, 5.41) is 3.43. The SMILES string of the molecule is CCCCCCCCc1ccc(COC2CNC(C)C2)cc1.Cl. The van der Waals surface area contributed by atoms with Crippen LogP contribution in [0, 0.1) is 0 Å². The topological polar surface area (TPSA) is 21.3 Å². The summed E-state index contributed by atoms with van der Waals surface area (Å²) < 4.78 is 5.97. The van der Waals surface area contributed by atoms with Crippen molar-refractivity contribution >= 4 is 12.4 Å². The third-order valence-electron chi connectivity index (χ3n) is 4.64. The lowest BCUT2D eigenvalue weighted by Crippen LogP contribution is -2.18. The maximum atomic E-state index is 5.97. The van der Waals surface area contributed by atoms with Crippen LogP contribution in [0.2, 0.25) is 0 Å². The zero-order chi connectivity index (χ0) is 15.6. The molecule has 1 aliphatic heterocycles. The van der Waals surface area contributed by atoms with Crippen LogP contribution >= 0.6 is 12.4 Å². The first-order valence-corrected chi connectivity index (χ1v) is 9.20. The van der Waals surface area contributed by atoms with Crippen LogP contribution in [0.1, 0.15) is 69.9 Å². The standard InChI is InChI=1S/C20H33NO.ClH/c1-3-4-5-6-7-8-9-18-10-12-19(13-11-18)16-22-20-14-17(2)21-15-20;/h10-13,17,20-21H,3-9,14-16H2,1-2H3;1H. The highest BCUT2D eigenvalue weighted by molar-refractivity contribution is 5.85. The number of benzene rings is 1. The summed E-state index contributed by atoms with van der Waals surface area (Å²) in [6, 6.07) is 9.63. The van der Waals surface area contributed by atoms with Crippen LogP contribution in [0.4, 0.5) is 0 Å². The summed E-state index contributed by atoms with van der Waals surface area (Å²) in [6.07, 6.45) is 11.0. The van der Waals surface area contributed by atoms with Crippen molar-refractivity contribution in [3.05, 3.63) is 35.4 Å². The van der Waals surface area contributed by atoms with Gasteiger partial charge in [-0.15, -0.1) is 12.4 Å². The van der Waals surface area contributed by atoms with E-state index in [-0.39, 0.29) is 12.4 Å². The zero-order valence-corrected chi connectivity index (χ0v) is 15.7. The second kappa shape index (κ2) is 11.9. The van der Waals surface area contributed by atoms with Crippen LogP contribution in [0.15, 0.2) is 24.3 Å². The molecule has 0 aromatic heterocycles. The van der Waals surface area contributed by atoms with Gasteiger partial charge < -0.3 is 10.1 Å². The van der Waals surface area contributed by atoms with E-state index in [1.165, 1.54) is 56.1 Å². The highest BCUT2D eigenvalue weighted by Crippen LogP contribution is 2.14. The van der Waals surface area contributed by atoms with E-state index in [4.69, 9.17) is 4.74 Å². The highest BCUT2D eigenvalue weighted by Gasteiger charge is 2.20. The van der Waals surface area contributed by atoms with Crippen LogP contribution in [0.25, 0.3) is 0 Å². The summed E-state index contributed by atoms with van der Waals surface area (Å²) in [5.41, 5.74) is 2.77. The van der Waals surface area contributed by atoms with Gasteiger partial charge in [0.1, 0.15) is 0 Å². The Bertz CT molecular complexity index is 407. The van der Waals surface area contributed by atoms with Crippen molar-refractivity contribution in [2.24, 2.45) is 0 Å². The molecule has 2 atom stereocenters. The van der Waals surface area contributed by atoms with Crippen LogP contribution in [-0.4, -0.2) is 18.7 Å². The minimum absolute atomic E-state index is 0. The lowest BCUT2D eigenvalue weighted by molar-refractivity contribution is 0.0529. The van der Waals surface area contributed by atoms with Crippen molar-refractivity contribution < 1.29 is 4.74 Å². The first-order valence-electron chi connectivity index (χ1n) is 9.20. The van der Waals surface area contributed by atoms with Crippen molar-refractivity contribution in [3.8, 4) is 0 Å². The number of hydrogen-bond acceptors (Lipinski definition) is 2. The molecule has 1 aromatic rings. The lowest BCUT2D eigenvalue weighted by atomic mass is 10.0. The Hall–Kier alpha value is -0.570. The van der Waals surface area contributed by atoms with Gasteiger partial charge in [0.2, 0.25) is 0 Å². The van der Waals surface area contributed by atoms with E-state index in [2.05, 4.69) is 43.4 Å². The molecule has 1 heterocycles. The number of unbranched alkanes of at least 4 members (excludes halogenated alkanes) is 5. The number of nitrogens with one attached hydrogen (secondary N) is 1. The van der Waals surface area contributed by atoms with Gasteiger partial charge in [0.15, 0.2) is 0 Å². The third-order valence-corrected chi connectivity index (χ3v) is 4.64. The molecular weight excluding hydrogens is 306 g/mol. The Balaban J connectivity index is 0.00000264. The van der Waals surface area contributed by atoms with Gasteiger partial charge in [-0.2, -0.15) is 0 Å². The molecule has 132 valence electrons. The average molecular weight is 340 g/mol. The summed E-state index contributed by atoms with van der Waals surface area (Å²) in [6.45, 7) is 6.24. The van der Waals surface area contributed by atoms with Crippen LogP contribution in [0.5, 0.6) is 0 Å². The molecule has 1 aliphatic rings. The zero-order valence-electron chi connectivity index (χ0n) is 14.9. The number of hydrogen-bond donors (Lipinski definition) is 1. The molecule has 2 unspecified atom stereocenters. The maximum absolute atomic E-state index is 5.97. The van der Waals surface area contributed by atoms with Gasteiger partial charge in [-0.05, 0) is 37.3 Å². The molecule has 3 heteroatoms. The highest BCUT2D eigenvalue weighted by atomic mass is 35.5. The number of halogens is 1. The number of aryl methyl sites for hydroxylation is 1. The molecule has 1 N–H and O–H groups in total. The largest absolute Gasteiger partial charge is 0.372 e. The van der Waals surface area contributed by atoms with Gasteiger partial charge in [-0.1, -0.05) is 63.3 Å². The van der Waals surface area contributed by atoms with E-state index < -0.39 is 0 Å². The van der Waals surface area contributed by atoms with E-state index in [0.29, 0.717) is 12.1 Å². The molecule has 2 nitrogen and oxygen atoms in total. The van der Waals surface area contributed by atoms with Crippen LogP contribution in [0.3, 0.4) is 0 Å². The molecule has 2 rings (SSSR count). The summed E-state index contributed by atoms with van der Waals surface area (Å²) in [4.78, 5) is 0. The predicted octanol–water partition coefficient (Wildman–Crippen LogP) is 5.28. The van der Waals surface area contributed by atoms with Crippen LogP contribution in [-0.2, 0) is 17.8 Å². The Kier molecular flexibility index (Phi) is 10.6. The normalized spacial score (nSPS) is 20.4. The molecule has 0 amide bonds. The molecule has 0 bridgehead atoms. The molecule has 1 saturated heterocycles. The molecular formula is C20H34ClNO. The fourth-order valence-electron chi connectivity index (χ4n) is 3.15. The Morgan fingerprint density at radius 1 is 1.00 bits per heavy atom. The van der Waals surface area contributed by atoms with Crippen molar-refractivity contribution in [3.63, 3.8) is 0 Å². The first-order chi connectivity index (χ1) is 10.8. The van der Waals surface area contributed by atoms with Crippen molar-refractivity contribution in [2.45, 2.75) is 84.0 Å². The fourth-order valence-corrected chi connectivity index (χ4v) is 3.15. The van der Waals surface area contributed by atoms with Crippen LogP contribution < -0.4 is 5.32 Å². The van der Waals surface area contributed by atoms with Gasteiger partial charge in [-0.25, -0.2) is 0 Å². The van der Waals surface area contributed by atoms with Gasteiger partial charge in [0, 0.05) is 12.6 Å². The Morgan fingerprint density at radius 2 is 1.65 bits per heavy atom. The fraction of sp³-hybridized carbons (Fsp3) is 0.700. The van der Waals surface area contributed by atoms with Gasteiger partial charge in [0.05, 0.1) is 12.7 Å². The van der Waals surface area contributed by atoms with E-state index in [1.54, 1.807) is 0 Å². The number of ether oxygens (including phenoxy) is 1. The second-order valence-electron chi connectivity index (χ2n) is 6.81. The monoisotopic (exact) mass is 339 g/mol. The summed E-state index contributed by atoms with van der Waals surface area (Å²) in [5.74, 6) is 0. The van der Waals surface area contributed by atoms with Gasteiger partial charge in [0.25, 0.3) is 0 Å². The molecule has 1 fully saturated rings. The van der Waals surface area contributed by atoms with E-state index >= 15 is 0 Å². The van der Waals surface area contributed by atoms with E-state index in [1.807, 2.05) is 0 Å². The molecule has 0 saturated carbocycles. The molecule has 0 aliphatic carbocycles. The smallest absolute Gasteiger partial charge is 0.0721 e. The first kappa shape index (κ1) is 20.5.